The summed E-state index contributed by atoms with van der Waals surface area (Å²) in [5.74, 6) is -0.0241. The van der Waals surface area contributed by atoms with Crippen molar-refractivity contribution >= 4 is 28.4 Å². The number of H-pyrrole nitrogens is 1. The third-order valence-corrected chi connectivity index (χ3v) is 4.56. The largest absolute Gasteiger partial charge is 0.418 e. The van der Waals surface area contributed by atoms with Gasteiger partial charge in [0.15, 0.2) is 5.82 Å². The Morgan fingerprint density at radius 3 is 2.82 bits per heavy atom. The Morgan fingerprint density at radius 2 is 2.11 bits per heavy atom. The van der Waals surface area contributed by atoms with Crippen LogP contribution in [0.15, 0.2) is 24.4 Å². The summed E-state index contributed by atoms with van der Waals surface area (Å²) in [6, 6.07) is 4.54. The number of aromatic nitrogens is 3. The van der Waals surface area contributed by atoms with E-state index in [0.717, 1.165) is 0 Å². The van der Waals surface area contributed by atoms with E-state index in [1.165, 1.54) is 24.1 Å². The van der Waals surface area contributed by atoms with Crippen molar-refractivity contribution < 1.29 is 22.7 Å². The minimum absolute atomic E-state index is 0.00276. The molecule has 1 aliphatic heterocycles. The van der Waals surface area contributed by atoms with E-state index in [9.17, 15) is 18.0 Å². The molecule has 146 valence electrons. The predicted octanol–water partition coefficient (Wildman–Crippen LogP) is 2.90. The minimum Gasteiger partial charge on any atom is -0.396 e. The number of aryl methyl sites for hydroxylation is 1. The molecule has 1 saturated heterocycles. The van der Waals surface area contributed by atoms with Crippen LogP contribution in [0.2, 0.25) is 0 Å². The molecule has 10 heteroatoms. The monoisotopic (exact) mass is 391 g/mol. The molecule has 4 heterocycles. The number of anilines is 2. The van der Waals surface area contributed by atoms with Crippen LogP contribution in [0.5, 0.6) is 0 Å². The summed E-state index contributed by atoms with van der Waals surface area (Å²) < 4.78 is 45.3. The molecule has 28 heavy (non-hydrogen) atoms. The number of nitrogens with zero attached hydrogens (tertiary/aromatic N) is 3. The van der Waals surface area contributed by atoms with Gasteiger partial charge in [0, 0.05) is 22.8 Å². The normalized spacial score (nSPS) is 15.4. The number of amides is 1. The Bertz CT molecular complexity index is 1080. The fourth-order valence-corrected chi connectivity index (χ4v) is 3.28. The van der Waals surface area contributed by atoms with Crippen LogP contribution in [0.1, 0.15) is 11.3 Å². The average molecular weight is 391 g/mol. The molecule has 3 aromatic heterocycles. The maximum Gasteiger partial charge on any atom is 0.418 e. The Morgan fingerprint density at radius 1 is 1.32 bits per heavy atom. The molecule has 1 amide bonds. The van der Waals surface area contributed by atoms with Gasteiger partial charge in [-0.15, -0.1) is 0 Å². The van der Waals surface area contributed by atoms with Gasteiger partial charge in [0.05, 0.1) is 30.1 Å². The van der Waals surface area contributed by atoms with Gasteiger partial charge in [-0.2, -0.15) is 13.2 Å². The summed E-state index contributed by atoms with van der Waals surface area (Å²) in [6.07, 6.45) is -3.08. The highest BCUT2D eigenvalue weighted by Crippen LogP contribution is 2.38. The Labute approximate surface area is 157 Å². The van der Waals surface area contributed by atoms with Gasteiger partial charge in [0.2, 0.25) is 0 Å². The highest BCUT2D eigenvalue weighted by molar-refractivity contribution is 5.97. The number of ether oxygens (including phenoxy) is 1. The molecule has 4 rings (SSSR count). The summed E-state index contributed by atoms with van der Waals surface area (Å²) in [5.41, 5.74) is 6.41. The number of hydrogen-bond donors (Lipinski definition) is 2. The molecular weight excluding hydrogens is 375 g/mol. The van der Waals surface area contributed by atoms with Crippen molar-refractivity contribution in [2.45, 2.75) is 13.1 Å². The first-order valence-electron chi connectivity index (χ1n) is 8.46. The van der Waals surface area contributed by atoms with Gasteiger partial charge in [-0.3, -0.25) is 9.69 Å². The first-order chi connectivity index (χ1) is 13.3. The molecule has 0 radical (unpaired) electrons. The van der Waals surface area contributed by atoms with Gasteiger partial charge < -0.3 is 15.5 Å². The SMILES string of the molecule is Cc1[nH]c2ncc(-c3ccc(N)c(N4CCOCC4=O)n3)cc2c1C(F)(F)F. The summed E-state index contributed by atoms with van der Waals surface area (Å²) in [7, 11) is 0. The number of fused-ring (bicyclic) bond motifs is 1. The van der Waals surface area contributed by atoms with Gasteiger partial charge >= 0.3 is 6.18 Å². The topological polar surface area (TPSA) is 97.1 Å². The van der Waals surface area contributed by atoms with Gasteiger partial charge in [0.1, 0.15) is 12.3 Å². The first-order valence-corrected chi connectivity index (χ1v) is 8.46. The molecule has 3 N–H and O–H groups in total. The number of pyridine rings is 2. The number of nitrogen functional groups attached to an aromatic ring is 1. The number of aromatic amines is 1. The van der Waals surface area contributed by atoms with Crippen LogP contribution in [0.25, 0.3) is 22.3 Å². The zero-order valence-electron chi connectivity index (χ0n) is 14.8. The van der Waals surface area contributed by atoms with Crippen LogP contribution >= 0.6 is 0 Å². The maximum atomic E-state index is 13.4. The molecule has 3 aromatic rings. The van der Waals surface area contributed by atoms with E-state index in [1.807, 2.05) is 0 Å². The molecule has 0 bridgehead atoms. The van der Waals surface area contributed by atoms with Crippen molar-refractivity contribution in [1.82, 2.24) is 15.0 Å². The van der Waals surface area contributed by atoms with Crippen LogP contribution in [-0.2, 0) is 15.7 Å². The van der Waals surface area contributed by atoms with Crippen molar-refractivity contribution in [3.63, 3.8) is 0 Å². The maximum absolute atomic E-state index is 13.4. The number of rotatable bonds is 2. The molecule has 7 nitrogen and oxygen atoms in total. The van der Waals surface area contributed by atoms with Crippen LogP contribution < -0.4 is 10.6 Å². The fourth-order valence-electron chi connectivity index (χ4n) is 3.28. The highest BCUT2D eigenvalue weighted by atomic mass is 19.4. The average Bonchev–Trinajstić information content (AvgIpc) is 2.98. The van der Waals surface area contributed by atoms with Crippen molar-refractivity contribution in [2.24, 2.45) is 0 Å². The molecule has 0 unspecified atom stereocenters. The lowest BCUT2D eigenvalue weighted by molar-refractivity contribution is -0.136. The number of hydrogen-bond acceptors (Lipinski definition) is 5. The zero-order chi connectivity index (χ0) is 20.1. The van der Waals surface area contributed by atoms with Crippen molar-refractivity contribution in [3.8, 4) is 11.3 Å². The fraction of sp³-hybridized carbons (Fsp3) is 0.278. The molecule has 0 atom stereocenters. The summed E-state index contributed by atoms with van der Waals surface area (Å²) in [6.45, 7) is 1.93. The second-order valence-corrected chi connectivity index (χ2v) is 6.45. The van der Waals surface area contributed by atoms with E-state index >= 15 is 0 Å². The molecule has 0 spiro atoms. The standard InChI is InChI=1S/C18H16F3N5O2/c1-9-15(18(19,20)21)11-6-10(7-23-16(11)24-9)13-3-2-12(22)17(25-13)26-4-5-28-8-14(26)27/h2-3,6-7H,4-5,8,22H2,1H3,(H,23,24). The van der Waals surface area contributed by atoms with E-state index in [0.29, 0.717) is 30.1 Å². The zero-order valence-corrected chi connectivity index (χ0v) is 14.8. The molecular formula is C18H16F3N5O2. The number of carbonyl (C=O) groups is 1. The summed E-state index contributed by atoms with van der Waals surface area (Å²) >= 11 is 0. The van der Waals surface area contributed by atoms with Gasteiger partial charge in [-0.1, -0.05) is 0 Å². The third kappa shape index (κ3) is 3.05. The second kappa shape index (κ2) is 6.48. The lowest BCUT2D eigenvalue weighted by Crippen LogP contribution is -2.42. The van der Waals surface area contributed by atoms with E-state index < -0.39 is 11.7 Å². The lowest BCUT2D eigenvalue weighted by Gasteiger charge is -2.27. The minimum atomic E-state index is -4.51. The van der Waals surface area contributed by atoms with Gasteiger partial charge in [0.25, 0.3) is 5.91 Å². The number of nitrogens with two attached hydrogens (primary N) is 1. The first kappa shape index (κ1) is 18.2. The van der Waals surface area contributed by atoms with Crippen LogP contribution in [0, 0.1) is 6.92 Å². The number of nitrogens with one attached hydrogen (secondary N) is 1. The molecule has 0 aromatic carbocycles. The van der Waals surface area contributed by atoms with Crippen molar-refractivity contribution in [1.29, 1.82) is 0 Å². The molecule has 0 saturated carbocycles. The van der Waals surface area contributed by atoms with E-state index in [1.54, 1.807) is 12.1 Å². The number of alkyl halides is 3. The van der Waals surface area contributed by atoms with E-state index in [2.05, 4.69) is 15.0 Å². The van der Waals surface area contributed by atoms with Crippen LogP contribution in [-0.4, -0.2) is 40.6 Å². The number of halogens is 3. The second-order valence-electron chi connectivity index (χ2n) is 6.45. The summed E-state index contributed by atoms with van der Waals surface area (Å²) in [5, 5.41) is -0.0369. The Balaban J connectivity index is 1.82. The molecule has 1 aliphatic rings. The van der Waals surface area contributed by atoms with Crippen molar-refractivity contribution in [2.75, 3.05) is 30.4 Å². The lowest BCUT2D eigenvalue weighted by atomic mass is 10.1. The van der Waals surface area contributed by atoms with Gasteiger partial charge in [-0.05, 0) is 25.1 Å². The Kier molecular flexibility index (Phi) is 4.22. The predicted molar refractivity (Wildman–Crippen MR) is 96.6 cm³/mol. The third-order valence-electron chi connectivity index (χ3n) is 4.56. The highest BCUT2D eigenvalue weighted by Gasteiger charge is 2.36. The van der Waals surface area contributed by atoms with Crippen LogP contribution in [0.4, 0.5) is 24.7 Å². The molecule has 1 fully saturated rings. The quantitative estimate of drug-likeness (QED) is 0.700. The molecule has 0 aliphatic carbocycles. The van der Waals surface area contributed by atoms with Gasteiger partial charge in [-0.25, -0.2) is 9.97 Å². The number of carbonyl (C=O) groups excluding carboxylic acids is 1. The van der Waals surface area contributed by atoms with E-state index in [-0.39, 0.29) is 35.1 Å². The number of morpholine rings is 1. The summed E-state index contributed by atoms with van der Waals surface area (Å²) in [4.78, 5) is 24.7. The van der Waals surface area contributed by atoms with E-state index in [4.69, 9.17) is 10.5 Å². The van der Waals surface area contributed by atoms with Crippen LogP contribution in [0.3, 0.4) is 0 Å². The Hall–Kier alpha value is -3.14. The van der Waals surface area contributed by atoms with Crippen molar-refractivity contribution in [3.05, 3.63) is 35.7 Å². The smallest absolute Gasteiger partial charge is 0.396 e.